The van der Waals surface area contributed by atoms with Gasteiger partial charge in [0.05, 0.1) is 12.3 Å². The number of aliphatic carboxylic acids is 1. The van der Waals surface area contributed by atoms with Gasteiger partial charge >= 0.3 is 5.97 Å². The zero-order valence-electron chi connectivity index (χ0n) is 11.0. The number of benzene rings is 1. The molecular weight excluding hydrogens is 268 g/mol. The highest BCUT2D eigenvalue weighted by molar-refractivity contribution is 5.80. The lowest BCUT2D eigenvalue weighted by atomic mass is 9.86. The molecule has 0 aromatic heterocycles. The number of nitrogens with zero attached hydrogens (tertiary/aromatic N) is 1. The highest BCUT2D eigenvalue weighted by Gasteiger charge is 2.37. The quantitative estimate of drug-likeness (QED) is 0.914. The van der Waals surface area contributed by atoms with Crippen LogP contribution in [0.5, 0.6) is 0 Å². The van der Waals surface area contributed by atoms with Crippen LogP contribution in [0.2, 0.25) is 0 Å². The van der Waals surface area contributed by atoms with Gasteiger partial charge in [-0.15, -0.1) is 0 Å². The number of carboxylic acids is 1. The minimum Gasteiger partial charge on any atom is -0.481 e. The summed E-state index contributed by atoms with van der Waals surface area (Å²) in [6.07, 6.45) is -0.139. The molecule has 6 heteroatoms. The molecule has 2 rings (SSSR count). The van der Waals surface area contributed by atoms with Gasteiger partial charge in [-0.25, -0.2) is 8.78 Å². The lowest BCUT2D eigenvalue weighted by molar-refractivity contribution is -0.150. The Morgan fingerprint density at radius 3 is 2.60 bits per heavy atom. The third-order valence-corrected chi connectivity index (χ3v) is 3.72. The molecule has 1 fully saturated rings. The maximum Gasteiger partial charge on any atom is 0.306 e. The molecule has 1 amide bonds. The zero-order valence-corrected chi connectivity index (χ0v) is 11.0. The first-order valence-electron chi connectivity index (χ1n) is 6.33. The summed E-state index contributed by atoms with van der Waals surface area (Å²) in [5.74, 6) is -3.14. The van der Waals surface area contributed by atoms with E-state index < -0.39 is 23.5 Å². The second-order valence-electron chi connectivity index (χ2n) is 5.10. The molecule has 4 nitrogen and oxygen atoms in total. The third-order valence-electron chi connectivity index (χ3n) is 3.72. The summed E-state index contributed by atoms with van der Waals surface area (Å²) in [6.45, 7) is 2.35. The van der Waals surface area contributed by atoms with Crippen molar-refractivity contribution in [2.75, 3.05) is 13.1 Å². The van der Waals surface area contributed by atoms with Gasteiger partial charge in [0.15, 0.2) is 0 Å². The van der Waals surface area contributed by atoms with E-state index in [1.54, 1.807) is 6.92 Å². The van der Waals surface area contributed by atoms with Gasteiger partial charge in [0.1, 0.15) is 11.6 Å². The molecule has 1 aromatic rings. The first kappa shape index (κ1) is 14.4. The Labute approximate surface area is 115 Å². The van der Waals surface area contributed by atoms with E-state index in [1.165, 1.54) is 11.0 Å². The molecule has 0 spiro atoms. The molecule has 0 aliphatic carbocycles. The molecule has 20 heavy (non-hydrogen) atoms. The minimum absolute atomic E-state index is 0.0606. The smallest absolute Gasteiger partial charge is 0.306 e. The number of carbonyl (C=O) groups is 2. The number of carboxylic acid groups (broad SMARTS) is 1. The molecule has 1 aromatic carbocycles. The lowest BCUT2D eigenvalue weighted by Crippen LogP contribution is -2.53. The zero-order chi connectivity index (χ0) is 14.9. The minimum atomic E-state index is -0.883. The fourth-order valence-electron chi connectivity index (χ4n) is 2.17. The van der Waals surface area contributed by atoms with Crippen molar-refractivity contribution >= 4 is 11.9 Å². The monoisotopic (exact) mass is 283 g/mol. The maximum absolute atomic E-state index is 13.4. The molecule has 1 unspecified atom stereocenters. The van der Waals surface area contributed by atoms with Crippen molar-refractivity contribution in [3.05, 3.63) is 35.4 Å². The largest absolute Gasteiger partial charge is 0.481 e. The van der Waals surface area contributed by atoms with E-state index in [4.69, 9.17) is 5.11 Å². The molecule has 108 valence electrons. The van der Waals surface area contributed by atoms with Crippen molar-refractivity contribution in [1.82, 2.24) is 4.90 Å². The summed E-state index contributed by atoms with van der Waals surface area (Å²) in [4.78, 5) is 24.2. The Morgan fingerprint density at radius 1 is 1.40 bits per heavy atom. The van der Waals surface area contributed by atoms with Gasteiger partial charge in [0.2, 0.25) is 5.91 Å². The Hall–Kier alpha value is -1.98. The molecule has 0 saturated carbocycles. The number of halogens is 2. The van der Waals surface area contributed by atoms with Crippen molar-refractivity contribution in [1.29, 1.82) is 0 Å². The number of rotatable bonds is 4. The van der Waals surface area contributed by atoms with E-state index in [0.717, 1.165) is 12.1 Å². The summed E-state index contributed by atoms with van der Waals surface area (Å²) in [5, 5.41) is 8.85. The van der Waals surface area contributed by atoms with Crippen LogP contribution < -0.4 is 0 Å². The predicted octanol–water partition coefficient (Wildman–Crippen LogP) is 1.69. The van der Waals surface area contributed by atoms with Gasteiger partial charge in [0, 0.05) is 25.1 Å². The SMILES string of the molecule is CC(C(=O)O)C1CN(C(=O)Cc2ccc(F)cc2F)C1. The summed E-state index contributed by atoms with van der Waals surface area (Å²) >= 11 is 0. The fraction of sp³-hybridized carbons (Fsp3) is 0.429. The van der Waals surface area contributed by atoms with Gasteiger partial charge in [0.25, 0.3) is 0 Å². The van der Waals surface area contributed by atoms with E-state index in [2.05, 4.69) is 0 Å². The molecule has 1 saturated heterocycles. The van der Waals surface area contributed by atoms with Gasteiger partial charge < -0.3 is 10.0 Å². The second-order valence-corrected chi connectivity index (χ2v) is 5.10. The van der Waals surface area contributed by atoms with Crippen LogP contribution in [-0.4, -0.2) is 35.0 Å². The molecular formula is C14H15F2NO3. The predicted molar refractivity (Wildman–Crippen MR) is 66.9 cm³/mol. The van der Waals surface area contributed by atoms with E-state index >= 15 is 0 Å². The lowest BCUT2D eigenvalue weighted by Gasteiger charge is -2.41. The van der Waals surface area contributed by atoms with Crippen LogP contribution in [0.25, 0.3) is 0 Å². The van der Waals surface area contributed by atoms with Gasteiger partial charge in [-0.1, -0.05) is 13.0 Å². The summed E-state index contributed by atoms with van der Waals surface area (Å²) in [5.41, 5.74) is 0.145. The van der Waals surface area contributed by atoms with Crippen molar-refractivity contribution < 1.29 is 23.5 Å². The second kappa shape index (κ2) is 5.56. The molecule has 1 aliphatic rings. The highest BCUT2D eigenvalue weighted by atomic mass is 19.1. The average Bonchev–Trinajstić information content (AvgIpc) is 2.30. The average molecular weight is 283 g/mol. The van der Waals surface area contributed by atoms with Crippen molar-refractivity contribution in [2.45, 2.75) is 13.3 Å². The van der Waals surface area contributed by atoms with Gasteiger partial charge in [-0.05, 0) is 11.6 Å². The molecule has 0 bridgehead atoms. The number of amides is 1. The number of likely N-dealkylation sites (tertiary alicyclic amines) is 1. The fourth-order valence-corrected chi connectivity index (χ4v) is 2.17. The first-order valence-corrected chi connectivity index (χ1v) is 6.33. The van der Waals surface area contributed by atoms with Crippen LogP contribution in [-0.2, 0) is 16.0 Å². The topological polar surface area (TPSA) is 57.6 Å². The van der Waals surface area contributed by atoms with E-state index in [9.17, 15) is 18.4 Å². The number of hydrogen-bond donors (Lipinski definition) is 1. The van der Waals surface area contributed by atoms with Crippen LogP contribution in [0.15, 0.2) is 18.2 Å². The van der Waals surface area contributed by atoms with Crippen LogP contribution >= 0.6 is 0 Å². The van der Waals surface area contributed by atoms with Crippen LogP contribution in [0.4, 0.5) is 8.78 Å². The third kappa shape index (κ3) is 2.95. The van der Waals surface area contributed by atoms with Gasteiger partial charge in [-0.2, -0.15) is 0 Å². The van der Waals surface area contributed by atoms with Crippen molar-refractivity contribution in [3.63, 3.8) is 0 Å². The van der Waals surface area contributed by atoms with Crippen molar-refractivity contribution in [3.8, 4) is 0 Å². The van der Waals surface area contributed by atoms with Crippen LogP contribution in [0.1, 0.15) is 12.5 Å². The van der Waals surface area contributed by atoms with Gasteiger partial charge in [-0.3, -0.25) is 9.59 Å². The molecule has 1 atom stereocenters. The standard InChI is InChI=1S/C14H15F2NO3/c1-8(14(19)20)10-6-17(7-10)13(18)4-9-2-3-11(15)5-12(9)16/h2-3,5,8,10H,4,6-7H2,1H3,(H,19,20). The Balaban J connectivity index is 1.90. The Bertz CT molecular complexity index is 541. The van der Waals surface area contributed by atoms with E-state index in [1.807, 2.05) is 0 Å². The Morgan fingerprint density at radius 2 is 2.05 bits per heavy atom. The maximum atomic E-state index is 13.4. The molecule has 1 N–H and O–H groups in total. The summed E-state index contributed by atoms with van der Waals surface area (Å²) in [7, 11) is 0. The normalized spacial score (nSPS) is 16.6. The number of carbonyl (C=O) groups excluding carboxylic acids is 1. The highest BCUT2D eigenvalue weighted by Crippen LogP contribution is 2.25. The molecule has 1 heterocycles. The van der Waals surface area contributed by atoms with E-state index in [-0.39, 0.29) is 23.8 Å². The summed E-state index contributed by atoms with van der Waals surface area (Å²) in [6, 6.07) is 3.10. The molecule has 1 aliphatic heterocycles. The first-order chi connectivity index (χ1) is 9.38. The Kier molecular flexibility index (Phi) is 4.01. The van der Waals surface area contributed by atoms with E-state index in [0.29, 0.717) is 13.1 Å². The molecule has 0 radical (unpaired) electrons. The van der Waals surface area contributed by atoms with Crippen LogP contribution in [0, 0.1) is 23.5 Å². The van der Waals surface area contributed by atoms with Crippen molar-refractivity contribution in [2.24, 2.45) is 11.8 Å². The van der Waals surface area contributed by atoms with Crippen LogP contribution in [0.3, 0.4) is 0 Å². The number of hydrogen-bond acceptors (Lipinski definition) is 2. The summed E-state index contributed by atoms with van der Waals surface area (Å²) < 4.78 is 26.2.